The number of nitrogens with zero attached hydrogens (tertiary/aromatic N) is 2. The van der Waals surface area contributed by atoms with Gasteiger partial charge in [-0.3, -0.25) is 0 Å². The van der Waals surface area contributed by atoms with E-state index in [2.05, 4.69) is 46.4 Å². The summed E-state index contributed by atoms with van der Waals surface area (Å²) in [7, 11) is 2.26. The van der Waals surface area contributed by atoms with Crippen LogP contribution in [0.4, 0.5) is 5.69 Å². The highest BCUT2D eigenvalue weighted by atomic mass is 15.2. The summed E-state index contributed by atoms with van der Waals surface area (Å²) in [6.45, 7) is 5.88. The summed E-state index contributed by atoms with van der Waals surface area (Å²) in [6.07, 6.45) is 3.81. The number of benzene rings is 1. The van der Waals surface area contributed by atoms with Gasteiger partial charge in [-0.1, -0.05) is 18.2 Å². The van der Waals surface area contributed by atoms with Crippen molar-refractivity contribution < 1.29 is 0 Å². The fourth-order valence-electron chi connectivity index (χ4n) is 3.33. The minimum absolute atomic E-state index is 0.697. The highest BCUT2D eigenvalue weighted by molar-refractivity contribution is 5.55. The predicted octanol–water partition coefficient (Wildman–Crippen LogP) is 1.73. The van der Waals surface area contributed by atoms with Gasteiger partial charge in [-0.15, -0.1) is 0 Å². The number of anilines is 1. The summed E-state index contributed by atoms with van der Waals surface area (Å²) in [5.74, 6) is 0. The van der Waals surface area contributed by atoms with Gasteiger partial charge in [-0.2, -0.15) is 0 Å². The fourth-order valence-corrected chi connectivity index (χ4v) is 3.33. The molecule has 2 heterocycles. The van der Waals surface area contributed by atoms with Crippen LogP contribution in [0.15, 0.2) is 24.3 Å². The predicted molar refractivity (Wildman–Crippen MR) is 80.9 cm³/mol. The Morgan fingerprint density at radius 2 is 2.16 bits per heavy atom. The fraction of sp³-hybridized carbons (Fsp3) is 0.625. The van der Waals surface area contributed by atoms with E-state index in [4.69, 9.17) is 0 Å². The number of hydrogen-bond acceptors (Lipinski definition) is 3. The first-order valence-corrected chi connectivity index (χ1v) is 7.58. The van der Waals surface area contributed by atoms with Crippen molar-refractivity contribution in [2.75, 3.05) is 44.7 Å². The molecule has 0 amide bonds. The molecule has 0 saturated carbocycles. The molecule has 0 aromatic heterocycles. The van der Waals surface area contributed by atoms with E-state index in [1.165, 1.54) is 50.1 Å². The number of likely N-dealkylation sites (N-methyl/N-ethyl adjacent to an activating group) is 1. The van der Waals surface area contributed by atoms with E-state index in [1.54, 1.807) is 0 Å². The highest BCUT2D eigenvalue weighted by Gasteiger charge is 2.21. The Balaban J connectivity index is 1.61. The van der Waals surface area contributed by atoms with Gasteiger partial charge in [0.25, 0.3) is 0 Å². The first-order valence-electron chi connectivity index (χ1n) is 7.58. The number of fused-ring (bicyclic) bond motifs is 1. The summed E-state index contributed by atoms with van der Waals surface area (Å²) in [5, 5.41) is 3.51. The molecule has 1 fully saturated rings. The van der Waals surface area contributed by atoms with E-state index < -0.39 is 0 Å². The van der Waals surface area contributed by atoms with E-state index in [-0.39, 0.29) is 0 Å². The van der Waals surface area contributed by atoms with Crippen molar-refractivity contribution in [1.29, 1.82) is 0 Å². The third kappa shape index (κ3) is 2.93. The van der Waals surface area contributed by atoms with Crippen LogP contribution in [0.3, 0.4) is 0 Å². The van der Waals surface area contributed by atoms with Crippen LogP contribution in [-0.4, -0.2) is 50.7 Å². The lowest BCUT2D eigenvalue weighted by Crippen LogP contribution is -2.50. The number of para-hydroxylation sites is 1. The molecule has 0 aliphatic carbocycles. The van der Waals surface area contributed by atoms with E-state index in [0.717, 1.165) is 13.1 Å². The normalized spacial score (nSPS) is 24.3. The number of rotatable bonds is 3. The number of nitrogens with one attached hydrogen (secondary N) is 1. The Hall–Kier alpha value is -1.06. The zero-order valence-corrected chi connectivity index (χ0v) is 11.9. The molecule has 0 radical (unpaired) electrons. The van der Waals surface area contributed by atoms with Crippen LogP contribution in [0.25, 0.3) is 0 Å². The average Bonchev–Trinajstić information content (AvgIpc) is 2.46. The Bertz CT molecular complexity index is 418. The van der Waals surface area contributed by atoms with E-state index in [1.807, 2.05) is 0 Å². The monoisotopic (exact) mass is 259 g/mol. The van der Waals surface area contributed by atoms with Gasteiger partial charge in [-0.05, 0) is 37.9 Å². The van der Waals surface area contributed by atoms with Gasteiger partial charge in [-0.25, -0.2) is 0 Å². The molecular formula is C16H25N3. The lowest BCUT2D eigenvalue weighted by molar-refractivity contribution is 0.191. The van der Waals surface area contributed by atoms with Gasteiger partial charge in [0.05, 0.1) is 0 Å². The molecule has 3 nitrogen and oxygen atoms in total. The number of piperazine rings is 1. The average molecular weight is 259 g/mol. The standard InChI is InChI=1S/C16H25N3/c1-18-12-9-17-13-15(18)8-11-19-10-4-6-14-5-2-3-7-16(14)19/h2-3,5,7,15,17H,4,6,8-13H2,1H3. The molecule has 1 atom stereocenters. The SMILES string of the molecule is CN1CCNCC1CCN1CCCc2ccccc21. The second-order valence-corrected chi connectivity index (χ2v) is 5.85. The molecule has 1 unspecified atom stereocenters. The number of hydrogen-bond donors (Lipinski definition) is 1. The minimum atomic E-state index is 0.697. The van der Waals surface area contributed by atoms with Gasteiger partial charge in [0.15, 0.2) is 0 Å². The quantitative estimate of drug-likeness (QED) is 0.892. The summed E-state index contributed by atoms with van der Waals surface area (Å²) in [5.41, 5.74) is 3.00. The van der Waals surface area contributed by atoms with Gasteiger partial charge in [0, 0.05) is 44.5 Å². The molecular weight excluding hydrogens is 234 g/mol. The molecule has 19 heavy (non-hydrogen) atoms. The smallest absolute Gasteiger partial charge is 0.0398 e. The Morgan fingerprint density at radius 3 is 3.05 bits per heavy atom. The summed E-state index contributed by atoms with van der Waals surface area (Å²) < 4.78 is 0. The first kappa shape index (κ1) is 12.9. The maximum atomic E-state index is 3.51. The van der Waals surface area contributed by atoms with Crippen molar-refractivity contribution in [3.63, 3.8) is 0 Å². The molecule has 1 saturated heterocycles. The molecule has 1 aromatic carbocycles. The van der Waals surface area contributed by atoms with Crippen molar-refractivity contribution in [2.24, 2.45) is 0 Å². The van der Waals surface area contributed by atoms with Gasteiger partial charge < -0.3 is 15.1 Å². The zero-order chi connectivity index (χ0) is 13.1. The first-order chi connectivity index (χ1) is 9.34. The lowest BCUT2D eigenvalue weighted by atomic mass is 10.0. The van der Waals surface area contributed by atoms with Crippen LogP contribution in [0.5, 0.6) is 0 Å². The summed E-state index contributed by atoms with van der Waals surface area (Å²) in [6, 6.07) is 9.61. The summed E-state index contributed by atoms with van der Waals surface area (Å²) in [4.78, 5) is 5.09. The molecule has 104 valence electrons. The van der Waals surface area contributed by atoms with Crippen LogP contribution in [-0.2, 0) is 6.42 Å². The van der Waals surface area contributed by atoms with Crippen LogP contribution in [0.1, 0.15) is 18.4 Å². The largest absolute Gasteiger partial charge is 0.371 e. The maximum Gasteiger partial charge on any atom is 0.0398 e. The second-order valence-electron chi connectivity index (χ2n) is 5.85. The molecule has 3 rings (SSSR count). The van der Waals surface area contributed by atoms with Gasteiger partial charge in [0.1, 0.15) is 0 Å². The third-order valence-corrected chi connectivity index (χ3v) is 4.58. The molecule has 2 aliphatic rings. The molecule has 0 spiro atoms. The third-order valence-electron chi connectivity index (χ3n) is 4.58. The maximum absolute atomic E-state index is 3.51. The number of aryl methyl sites for hydroxylation is 1. The van der Waals surface area contributed by atoms with Crippen LogP contribution < -0.4 is 10.2 Å². The zero-order valence-electron chi connectivity index (χ0n) is 11.9. The molecule has 2 aliphatic heterocycles. The van der Waals surface area contributed by atoms with Gasteiger partial charge >= 0.3 is 0 Å². The summed E-state index contributed by atoms with van der Waals surface area (Å²) >= 11 is 0. The topological polar surface area (TPSA) is 18.5 Å². The molecule has 1 aromatic rings. The van der Waals surface area contributed by atoms with Gasteiger partial charge in [0.2, 0.25) is 0 Å². The van der Waals surface area contributed by atoms with Crippen molar-refractivity contribution >= 4 is 5.69 Å². The Labute approximate surface area is 116 Å². The second kappa shape index (κ2) is 5.93. The Kier molecular flexibility index (Phi) is 4.04. The van der Waals surface area contributed by atoms with E-state index >= 15 is 0 Å². The lowest BCUT2D eigenvalue weighted by Gasteiger charge is -2.36. The molecule has 1 N–H and O–H groups in total. The highest BCUT2D eigenvalue weighted by Crippen LogP contribution is 2.27. The van der Waals surface area contributed by atoms with Crippen molar-refractivity contribution in [2.45, 2.75) is 25.3 Å². The molecule has 3 heteroatoms. The minimum Gasteiger partial charge on any atom is -0.371 e. The van der Waals surface area contributed by atoms with E-state index in [0.29, 0.717) is 6.04 Å². The van der Waals surface area contributed by atoms with Crippen LogP contribution in [0.2, 0.25) is 0 Å². The van der Waals surface area contributed by atoms with Crippen LogP contribution >= 0.6 is 0 Å². The van der Waals surface area contributed by atoms with Crippen molar-refractivity contribution in [3.05, 3.63) is 29.8 Å². The Morgan fingerprint density at radius 1 is 1.26 bits per heavy atom. The molecule has 0 bridgehead atoms. The van der Waals surface area contributed by atoms with Crippen molar-refractivity contribution in [3.8, 4) is 0 Å². The van der Waals surface area contributed by atoms with Crippen molar-refractivity contribution in [1.82, 2.24) is 10.2 Å². The van der Waals surface area contributed by atoms with Crippen LogP contribution in [0, 0.1) is 0 Å². The van der Waals surface area contributed by atoms with E-state index in [9.17, 15) is 0 Å².